The number of carbonyl (C=O) groups excluding carboxylic acids is 2. The summed E-state index contributed by atoms with van der Waals surface area (Å²) in [5.41, 5.74) is 4.07. The Labute approximate surface area is 171 Å². The van der Waals surface area contributed by atoms with E-state index in [9.17, 15) is 9.59 Å². The summed E-state index contributed by atoms with van der Waals surface area (Å²) in [4.78, 5) is 26.6. The largest absolute Gasteiger partial charge is 0.376 e. The molecule has 0 spiro atoms. The Balaban J connectivity index is 1.56. The Hall–Kier alpha value is -3.60. The fraction of sp³-hybridized carbons (Fsp3) is 0.167. The number of carbonyl (C=O) groups is 2. The monoisotopic (exact) mass is 387 g/mol. The van der Waals surface area contributed by atoms with Gasteiger partial charge in [-0.25, -0.2) is 0 Å². The Bertz CT molecular complexity index is 969. The maximum Gasteiger partial charge on any atom is 0.255 e. The van der Waals surface area contributed by atoms with Gasteiger partial charge in [0.2, 0.25) is 5.91 Å². The van der Waals surface area contributed by atoms with Crippen LogP contribution >= 0.6 is 0 Å². The second-order valence-corrected chi connectivity index (χ2v) is 6.73. The van der Waals surface area contributed by atoms with Crippen molar-refractivity contribution in [3.8, 4) is 0 Å². The third-order valence-corrected chi connectivity index (χ3v) is 4.55. The molecule has 0 aromatic heterocycles. The van der Waals surface area contributed by atoms with E-state index in [1.165, 1.54) is 0 Å². The van der Waals surface area contributed by atoms with Crippen LogP contribution in [0.2, 0.25) is 0 Å². The lowest BCUT2D eigenvalue weighted by Gasteiger charge is -2.21. The van der Waals surface area contributed by atoms with Crippen molar-refractivity contribution in [1.29, 1.82) is 0 Å². The van der Waals surface area contributed by atoms with Crippen molar-refractivity contribution in [2.24, 2.45) is 0 Å². The second kappa shape index (κ2) is 9.55. The molecule has 5 heteroatoms. The van der Waals surface area contributed by atoms with Gasteiger partial charge in [0.15, 0.2) is 0 Å². The highest BCUT2D eigenvalue weighted by Gasteiger charge is 2.13. The summed E-state index contributed by atoms with van der Waals surface area (Å²) < 4.78 is 0. The molecule has 148 valence electrons. The van der Waals surface area contributed by atoms with Gasteiger partial charge < -0.3 is 15.5 Å². The van der Waals surface area contributed by atoms with E-state index in [4.69, 9.17) is 0 Å². The molecule has 0 radical (unpaired) electrons. The van der Waals surface area contributed by atoms with Gasteiger partial charge in [-0.2, -0.15) is 0 Å². The van der Waals surface area contributed by atoms with Crippen molar-refractivity contribution >= 4 is 28.9 Å². The van der Waals surface area contributed by atoms with E-state index in [1.807, 2.05) is 86.6 Å². The van der Waals surface area contributed by atoms with E-state index in [0.717, 1.165) is 16.9 Å². The number of nitrogens with one attached hydrogen (secondary N) is 2. The van der Waals surface area contributed by atoms with E-state index in [1.54, 1.807) is 11.0 Å². The molecule has 5 nitrogen and oxygen atoms in total. The minimum Gasteiger partial charge on any atom is -0.376 e. The van der Waals surface area contributed by atoms with Gasteiger partial charge in [-0.05, 0) is 62.4 Å². The number of rotatable bonds is 7. The maximum absolute atomic E-state index is 12.6. The number of nitrogens with zero attached hydrogens (tertiary/aromatic N) is 1. The van der Waals surface area contributed by atoms with E-state index in [-0.39, 0.29) is 18.4 Å². The highest BCUT2D eigenvalue weighted by Crippen LogP contribution is 2.16. The summed E-state index contributed by atoms with van der Waals surface area (Å²) in [5.74, 6) is -0.151. The average molecular weight is 387 g/mol. The van der Waals surface area contributed by atoms with Crippen LogP contribution in [-0.4, -0.2) is 24.9 Å². The van der Waals surface area contributed by atoms with Gasteiger partial charge >= 0.3 is 0 Å². The average Bonchev–Trinajstić information content (AvgIpc) is 2.74. The van der Waals surface area contributed by atoms with Crippen molar-refractivity contribution in [3.05, 3.63) is 90.0 Å². The zero-order chi connectivity index (χ0) is 20.6. The fourth-order valence-corrected chi connectivity index (χ4v) is 3.04. The van der Waals surface area contributed by atoms with Crippen LogP contribution in [0.15, 0.2) is 78.9 Å². The van der Waals surface area contributed by atoms with Gasteiger partial charge in [0.25, 0.3) is 5.91 Å². The number of amides is 2. The summed E-state index contributed by atoms with van der Waals surface area (Å²) in [7, 11) is 0. The molecular formula is C24H25N3O2. The normalized spacial score (nSPS) is 10.3. The summed E-state index contributed by atoms with van der Waals surface area (Å²) in [6.45, 7) is 4.71. The number of aryl methyl sites for hydroxylation is 1. The highest BCUT2D eigenvalue weighted by atomic mass is 16.2. The van der Waals surface area contributed by atoms with Crippen LogP contribution in [0.5, 0.6) is 0 Å². The van der Waals surface area contributed by atoms with Crippen molar-refractivity contribution < 1.29 is 9.59 Å². The van der Waals surface area contributed by atoms with Crippen molar-refractivity contribution in [2.45, 2.75) is 13.8 Å². The van der Waals surface area contributed by atoms with Gasteiger partial charge in [-0.15, -0.1) is 0 Å². The minimum atomic E-state index is -0.147. The molecule has 0 bridgehead atoms. The van der Waals surface area contributed by atoms with Gasteiger partial charge in [-0.1, -0.05) is 35.9 Å². The van der Waals surface area contributed by atoms with Crippen LogP contribution in [0.4, 0.5) is 17.1 Å². The van der Waals surface area contributed by atoms with Gasteiger partial charge in [0, 0.05) is 29.2 Å². The molecule has 0 saturated heterocycles. The quantitative estimate of drug-likeness (QED) is 0.617. The standard InChI is InChI=1S/C24H25N3O2/c1-3-27(22-10-5-4-6-11-22)23(28)17-25-20-12-14-21(15-13-20)26-24(29)19-9-7-8-18(2)16-19/h4-16,25H,3,17H2,1-2H3,(H,26,29). The van der Waals surface area contributed by atoms with Crippen LogP contribution in [0.1, 0.15) is 22.8 Å². The van der Waals surface area contributed by atoms with Crippen molar-refractivity contribution in [3.63, 3.8) is 0 Å². The molecule has 3 rings (SSSR count). The van der Waals surface area contributed by atoms with Gasteiger partial charge in [-0.3, -0.25) is 9.59 Å². The maximum atomic E-state index is 12.6. The number of benzene rings is 3. The molecule has 0 saturated carbocycles. The molecule has 0 aliphatic rings. The third kappa shape index (κ3) is 5.45. The molecule has 0 aliphatic carbocycles. The first-order chi connectivity index (χ1) is 14.1. The topological polar surface area (TPSA) is 61.4 Å². The zero-order valence-electron chi connectivity index (χ0n) is 16.7. The number of hydrogen-bond acceptors (Lipinski definition) is 3. The van der Waals surface area contributed by atoms with Crippen LogP contribution in [-0.2, 0) is 4.79 Å². The van der Waals surface area contributed by atoms with E-state index < -0.39 is 0 Å². The SMILES string of the molecule is CCN(C(=O)CNc1ccc(NC(=O)c2cccc(C)c2)cc1)c1ccccc1. The molecule has 29 heavy (non-hydrogen) atoms. The first-order valence-corrected chi connectivity index (χ1v) is 9.64. The lowest BCUT2D eigenvalue weighted by Crippen LogP contribution is -2.35. The smallest absolute Gasteiger partial charge is 0.255 e. The Kier molecular flexibility index (Phi) is 6.63. The van der Waals surface area contributed by atoms with Crippen LogP contribution in [0.3, 0.4) is 0 Å². The Morgan fingerprint density at radius 1 is 0.862 bits per heavy atom. The van der Waals surface area contributed by atoms with Crippen molar-refractivity contribution in [2.75, 3.05) is 28.6 Å². The van der Waals surface area contributed by atoms with E-state index >= 15 is 0 Å². The summed E-state index contributed by atoms with van der Waals surface area (Å²) in [5, 5.41) is 6.03. The lowest BCUT2D eigenvalue weighted by molar-refractivity contribution is -0.116. The first-order valence-electron chi connectivity index (χ1n) is 9.64. The number of anilines is 3. The summed E-state index contributed by atoms with van der Waals surface area (Å²) in [6.07, 6.45) is 0. The summed E-state index contributed by atoms with van der Waals surface area (Å²) in [6, 6.07) is 24.4. The predicted octanol–water partition coefficient (Wildman–Crippen LogP) is 4.71. The molecule has 0 atom stereocenters. The zero-order valence-corrected chi connectivity index (χ0v) is 16.7. The molecule has 2 N–H and O–H groups in total. The number of para-hydroxylation sites is 1. The molecule has 0 aliphatic heterocycles. The minimum absolute atomic E-state index is 0.00414. The lowest BCUT2D eigenvalue weighted by atomic mass is 10.1. The number of likely N-dealkylation sites (N-methyl/N-ethyl adjacent to an activating group) is 1. The summed E-state index contributed by atoms with van der Waals surface area (Å²) >= 11 is 0. The third-order valence-electron chi connectivity index (χ3n) is 4.55. The molecule has 0 fully saturated rings. The van der Waals surface area contributed by atoms with Gasteiger partial charge in [0.05, 0.1) is 6.54 Å². The highest BCUT2D eigenvalue weighted by molar-refractivity contribution is 6.04. The Morgan fingerprint density at radius 2 is 1.55 bits per heavy atom. The molecule has 2 amide bonds. The van der Waals surface area contributed by atoms with Gasteiger partial charge in [0.1, 0.15) is 0 Å². The Morgan fingerprint density at radius 3 is 2.21 bits per heavy atom. The second-order valence-electron chi connectivity index (χ2n) is 6.73. The predicted molar refractivity (Wildman–Crippen MR) is 119 cm³/mol. The van der Waals surface area contributed by atoms with Crippen molar-refractivity contribution in [1.82, 2.24) is 0 Å². The fourth-order valence-electron chi connectivity index (χ4n) is 3.04. The molecule has 0 unspecified atom stereocenters. The molecule has 0 heterocycles. The number of hydrogen-bond donors (Lipinski definition) is 2. The van der Waals surface area contributed by atoms with Crippen LogP contribution in [0.25, 0.3) is 0 Å². The molecular weight excluding hydrogens is 362 g/mol. The van der Waals surface area contributed by atoms with E-state index in [2.05, 4.69) is 10.6 Å². The van der Waals surface area contributed by atoms with Crippen LogP contribution in [0, 0.1) is 6.92 Å². The first kappa shape index (κ1) is 20.1. The molecule has 3 aromatic carbocycles. The molecule has 3 aromatic rings. The van der Waals surface area contributed by atoms with E-state index in [0.29, 0.717) is 17.8 Å². The van der Waals surface area contributed by atoms with Crippen LogP contribution < -0.4 is 15.5 Å².